The molecular formula is C14H29NO. The van der Waals surface area contributed by atoms with Crippen LogP contribution in [0.4, 0.5) is 0 Å². The highest BCUT2D eigenvalue weighted by Gasteiger charge is 2.45. The molecule has 2 aliphatic rings. The minimum atomic E-state index is 0.339. The predicted octanol–water partition coefficient (Wildman–Crippen LogP) is 3.48. The molecule has 2 aliphatic heterocycles. The molecule has 0 saturated carbocycles. The van der Waals surface area contributed by atoms with Crippen LogP contribution in [0.2, 0.25) is 0 Å². The van der Waals surface area contributed by atoms with Crippen LogP contribution in [0.1, 0.15) is 47.0 Å². The van der Waals surface area contributed by atoms with Gasteiger partial charge < -0.3 is 4.74 Å². The molecule has 0 radical (unpaired) electrons. The van der Waals surface area contributed by atoms with Gasteiger partial charge in [-0.15, -0.1) is 0 Å². The molecule has 0 aromatic carbocycles. The summed E-state index contributed by atoms with van der Waals surface area (Å²) < 4.78 is 5.30. The molecule has 2 fully saturated rings. The van der Waals surface area contributed by atoms with Crippen LogP contribution >= 0.6 is 0 Å². The molecule has 16 heavy (non-hydrogen) atoms. The summed E-state index contributed by atoms with van der Waals surface area (Å²) in [7, 11) is 1.80. The topological polar surface area (TPSA) is 12.5 Å². The molecule has 0 N–H and O–H groups in total. The van der Waals surface area contributed by atoms with Gasteiger partial charge >= 0.3 is 0 Å². The van der Waals surface area contributed by atoms with Crippen molar-refractivity contribution in [2.75, 3.05) is 26.8 Å². The summed E-state index contributed by atoms with van der Waals surface area (Å²) >= 11 is 0. The van der Waals surface area contributed by atoms with Crippen LogP contribution in [0.5, 0.6) is 0 Å². The molecule has 96 valence electrons. The molecule has 2 rings (SSSR count). The zero-order valence-corrected chi connectivity index (χ0v) is 11.8. The van der Waals surface area contributed by atoms with Crippen LogP contribution in [0.25, 0.3) is 0 Å². The number of nitrogens with zero attached hydrogens (tertiary/aromatic N) is 1. The Kier molecular flexibility index (Phi) is 7.69. The lowest BCUT2D eigenvalue weighted by atomic mass is 9.94. The summed E-state index contributed by atoms with van der Waals surface area (Å²) in [5, 5.41) is 0. The summed E-state index contributed by atoms with van der Waals surface area (Å²) in [6.45, 7) is 15.3. The van der Waals surface area contributed by atoms with E-state index in [1.165, 1.54) is 25.0 Å². The Morgan fingerprint density at radius 3 is 2.50 bits per heavy atom. The second-order valence-corrected chi connectivity index (χ2v) is 4.11. The van der Waals surface area contributed by atoms with Crippen molar-refractivity contribution in [1.82, 2.24) is 4.90 Å². The Bertz CT molecular complexity index is 203. The predicted molar refractivity (Wildman–Crippen MR) is 71.9 cm³/mol. The van der Waals surface area contributed by atoms with Crippen LogP contribution in [-0.4, -0.2) is 37.2 Å². The summed E-state index contributed by atoms with van der Waals surface area (Å²) in [6, 6.07) is 0. The van der Waals surface area contributed by atoms with Crippen molar-refractivity contribution in [3.63, 3.8) is 0 Å². The van der Waals surface area contributed by atoms with Crippen molar-refractivity contribution >= 4 is 0 Å². The van der Waals surface area contributed by atoms with E-state index in [-0.39, 0.29) is 0 Å². The first-order chi connectivity index (χ1) is 7.77. The molecule has 2 heteroatoms. The molecule has 0 aromatic heterocycles. The second kappa shape index (κ2) is 7.86. The molecule has 2 saturated heterocycles. The summed E-state index contributed by atoms with van der Waals surface area (Å²) in [6.07, 6.45) is 3.78. The fourth-order valence-corrected chi connectivity index (χ4v) is 2.72. The van der Waals surface area contributed by atoms with Crippen LogP contribution in [-0.2, 0) is 4.74 Å². The van der Waals surface area contributed by atoms with Gasteiger partial charge in [-0.3, -0.25) is 4.90 Å². The molecule has 2 heterocycles. The molecular weight excluding hydrogens is 198 g/mol. The lowest BCUT2D eigenvalue weighted by Crippen LogP contribution is -2.42. The average molecular weight is 227 g/mol. The van der Waals surface area contributed by atoms with E-state index in [4.69, 9.17) is 4.74 Å². The van der Waals surface area contributed by atoms with E-state index in [1.807, 2.05) is 27.7 Å². The highest BCUT2D eigenvalue weighted by molar-refractivity contribution is 5.17. The van der Waals surface area contributed by atoms with Gasteiger partial charge in [-0.1, -0.05) is 39.8 Å². The summed E-state index contributed by atoms with van der Waals surface area (Å²) in [4.78, 5) is 2.54. The Hall–Kier alpha value is -0.340. The number of hydrogen-bond donors (Lipinski definition) is 0. The minimum absolute atomic E-state index is 0.339. The van der Waals surface area contributed by atoms with Gasteiger partial charge in [0.25, 0.3) is 0 Å². The SMILES string of the molecule is C=C1CN2CCCC2(COC)C1.CC.CC. The third kappa shape index (κ3) is 3.33. The third-order valence-electron chi connectivity index (χ3n) is 3.15. The second-order valence-electron chi connectivity index (χ2n) is 4.11. The molecule has 0 amide bonds. The van der Waals surface area contributed by atoms with Gasteiger partial charge in [0, 0.05) is 19.2 Å². The van der Waals surface area contributed by atoms with Crippen LogP contribution in [0.3, 0.4) is 0 Å². The van der Waals surface area contributed by atoms with Crippen molar-refractivity contribution in [1.29, 1.82) is 0 Å². The monoisotopic (exact) mass is 227 g/mol. The molecule has 1 unspecified atom stereocenters. The van der Waals surface area contributed by atoms with Crippen molar-refractivity contribution in [3.05, 3.63) is 12.2 Å². The fraction of sp³-hybridized carbons (Fsp3) is 0.857. The zero-order valence-electron chi connectivity index (χ0n) is 11.8. The number of fused-ring (bicyclic) bond motifs is 1. The van der Waals surface area contributed by atoms with Crippen molar-refractivity contribution in [2.45, 2.75) is 52.5 Å². The quantitative estimate of drug-likeness (QED) is 0.670. The van der Waals surface area contributed by atoms with Crippen molar-refractivity contribution < 1.29 is 4.74 Å². The van der Waals surface area contributed by atoms with E-state index < -0.39 is 0 Å². The standard InChI is InChI=1S/C10H17NO.2C2H6/c1-9-6-10(8-12-2)4-3-5-11(10)7-9;2*1-2/h1,3-8H2,2H3;2*1-2H3. The first-order valence-electron chi connectivity index (χ1n) is 6.67. The van der Waals surface area contributed by atoms with Crippen LogP contribution in [0, 0.1) is 0 Å². The van der Waals surface area contributed by atoms with Gasteiger partial charge in [-0.25, -0.2) is 0 Å². The zero-order chi connectivity index (χ0) is 12.6. The van der Waals surface area contributed by atoms with E-state index in [1.54, 1.807) is 7.11 Å². The number of ether oxygens (including phenoxy) is 1. The molecule has 1 atom stereocenters. The number of methoxy groups -OCH3 is 1. The molecule has 0 spiro atoms. The van der Waals surface area contributed by atoms with Gasteiger partial charge in [0.2, 0.25) is 0 Å². The molecule has 2 nitrogen and oxygen atoms in total. The van der Waals surface area contributed by atoms with E-state index >= 15 is 0 Å². The Morgan fingerprint density at radius 2 is 1.94 bits per heavy atom. The van der Waals surface area contributed by atoms with Gasteiger partial charge in [0.05, 0.1) is 6.61 Å². The first kappa shape index (κ1) is 15.7. The highest BCUT2D eigenvalue weighted by atomic mass is 16.5. The first-order valence-corrected chi connectivity index (χ1v) is 6.67. The maximum Gasteiger partial charge on any atom is 0.0649 e. The normalized spacial score (nSPS) is 27.7. The maximum atomic E-state index is 5.30. The smallest absolute Gasteiger partial charge is 0.0649 e. The Labute approximate surface area is 102 Å². The molecule has 0 aliphatic carbocycles. The van der Waals surface area contributed by atoms with Gasteiger partial charge in [0.1, 0.15) is 0 Å². The molecule has 0 bridgehead atoms. The highest BCUT2D eigenvalue weighted by Crippen LogP contribution is 2.40. The minimum Gasteiger partial charge on any atom is -0.383 e. The van der Waals surface area contributed by atoms with Gasteiger partial charge in [-0.2, -0.15) is 0 Å². The number of hydrogen-bond acceptors (Lipinski definition) is 2. The largest absolute Gasteiger partial charge is 0.383 e. The maximum absolute atomic E-state index is 5.30. The Morgan fingerprint density at radius 1 is 1.31 bits per heavy atom. The lowest BCUT2D eigenvalue weighted by molar-refractivity contribution is 0.0656. The third-order valence-corrected chi connectivity index (χ3v) is 3.15. The number of rotatable bonds is 2. The van der Waals surface area contributed by atoms with Crippen molar-refractivity contribution in [2.24, 2.45) is 0 Å². The van der Waals surface area contributed by atoms with Crippen LogP contribution in [0.15, 0.2) is 12.2 Å². The van der Waals surface area contributed by atoms with E-state index in [0.717, 1.165) is 19.6 Å². The van der Waals surface area contributed by atoms with Crippen molar-refractivity contribution in [3.8, 4) is 0 Å². The van der Waals surface area contributed by atoms with E-state index in [9.17, 15) is 0 Å². The average Bonchev–Trinajstić information content (AvgIpc) is 2.80. The summed E-state index contributed by atoms with van der Waals surface area (Å²) in [5.74, 6) is 0. The van der Waals surface area contributed by atoms with E-state index in [0.29, 0.717) is 5.54 Å². The van der Waals surface area contributed by atoms with Crippen LogP contribution < -0.4 is 0 Å². The fourth-order valence-electron chi connectivity index (χ4n) is 2.72. The summed E-state index contributed by atoms with van der Waals surface area (Å²) in [5.41, 5.74) is 1.72. The molecule has 0 aromatic rings. The van der Waals surface area contributed by atoms with E-state index in [2.05, 4.69) is 11.5 Å². The van der Waals surface area contributed by atoms with Gasteiger partial charge in [-0.05, 0) is 25.8 Å². The lowest BCUT2D eigenvalue weighted by Gasteiger charge is -2.30. The van der Waals surface area contributed by atoms with Gasteiger partial charge in [0.15, 0.2) is 0 Å². The Balaban J connectivity index is 0.000000509.